The molecule has 0 spiro atoms. The topological polar surface area (TPSA) is 47.6 Å². The van der Waals surface area contributed by atoms with Crippen LogP contribution < -0.4 is 10.5 Å². The summed E-state index contributed by atoms with van der Waals surface area (Å²) in [6.07, 6.45) is 1.11. The largest absolute Gasteiger partial charge is 0.490 e. The number of hydrogen-bond donors (Lipinski definition) is 1. The number of aliphatic imine (C=N–C) groups is 1. The highest BCUT2D eigenvalue weighted by Gasteiger charge is 2.03. The Labute approximate surface area is 147 Å². The Morgan fingerprint density at radius 2 is 1.92 bits per heavy atom. The quantitative estimate of drug-likeness (QED) is 0.431. The molecule has 5 heteroatoms. The molecule has 2 rings (SSSR count). The maximum Gasteiger partial charge on any atom is 0.165 e. The van der Waals surface area contributed by atoms with E-state index in [0.717, 1.165) is 12.1 Å². The number of nitrogens with two attached hydrogens (primary N) is 1. The van der Waals surface area contributed by atoms with Crippen molar-refractivity contribution in [3.63, 3.8) is 0 Å². The molecule has 0 saturated heterocycles. The molecule has 2 aromatic rings. The van der Waals surface area contributed by atoms with E-state index in [-0.39, 0.29) is 11.6 Å². The van der Waals surface area contributed by atoms with Crippen LogP contribution in [0.2, 0.25) is 0 Å². The van der Waals surface area contributed by atoms with Crippen LogP contribution in [0.4, 0.5) is 10.1 Å². The minimum absolute atomic E-state index is 0.259. The maximum atomic E-state index is 13.4. The summed E-state index contributed by atoms with van der Waals surface area (Å²) >= 11 is 1.39. The summed E-state index contributed by atoms with van der Waals surface area (Å²) in [6.45, 7) is 4.75. The lowest BCUT2D eigenvalue weighted by atomic mass is 9.99. The van der Waals surface area contributed by atoms with Gasteiger partial charge in [0, 0.05) is 5.75 Å². The number of hydrogen-bond acceptors (Lipinski definition) is 3. The molecule has 0 bridgehead atoms. The van der Waals surface area contributed by atoms with Crippen molar-refractivity contribution in [2.45, 2.75) is 26.2 Å². The Balaban J connectivity index is 1.80. The third-order valence-electron chi connectivity index (χ3n) is 3.74. The molecule has 0 radical (unpaired) electrons. The number of nitrogens with zero attached hydrogens (tertiary/aromatic N) is 1. The Kier molecular flexibility index (Phi) is 7.12. The number of halogens is 1. The molecule has 2 N–H and O–H groups in total. The Hall–Kier alpha value is -2.01. The highest BCUT2D eigenvalue weighted by Crippen LogP contribution is 2.22. The van der Waals surface area contributed by atoms with Crippen molar-refractivity contribution in [2.75, 3.05) is 12.4 Å². The van der Waals surface area contributed by atoms with E-state index in [0.29, 0.717) is 23.4 Å². The van der Waals surface area contributed by atoms with Crippen LogP contribution in [0.15, 0.2) is 53.5 Å². The Morgan fingerprint density at radius 1 is 1.21 bits per heavy atom. The smallest absolute Gasteiger partial charge is 0.165 e. The second kappa shape index (κ2) is 9.33. The average Bonchev–Trinajstić information content (AvgIpc) is 2.60. The normalized spacial score (nSPS) is 12.9. The molecule has 128 valence electrons. The van der Waals surface area contributed by atoms with E-state index in [9.17, 15) is 4.39 Å². The van der Waals surface area contributed by atoms with Crippen molar-refractivity contribution in [1.82, 2.24) is 0 Å². The molecule has 3 nitrogen and oxygen atoms in total. The van der Waals surface area contributed by atoms with Crippen LogP contribution in [0.5, 0.6) is 5.75 Å². The van der Waals surface area contributed by atoms with Crippen molar-refractivity contribution >= 4 is 22.6 Å². The standard InChI is InChI=1S/C19H23FN2OS/c1-3-14(2)15-8-10-16(11-9-15)22-19(21)24-13-12-23-18-7-5-4-6-17(18)20/h4-11,14H,3,12-13H2,1-2H3,(H2,21,22)/t14-/m1/s1. The number of benzene rings is 2. The summed E-state index contributed by atoms with van der Waals surface area (Å²) in [4.78, 5) is 4.38. The van der Waals surface area contributed by atoms with Gasteiger partial charge in [-0.05, 0) is 42.2 Å². The predicted molar refractivity (Wildman–Crippen MR) is 101 cm³/mol. The minimum atomic E-state index is -0.356. The third-order valence-corrected chi connectivity index (χ3v) is 4.50. The lowest BCUT2D eigenvalue weighted by Crippen LogP contribution is -2.10. The van der Waals surface area contributed by atoms with E-state index in [1.54, 1.807) is 18.2 Å². The summed E-state index contributed by atoms with van der Waals surface area (Å²) in [5.74, 6) is 1.05. The van der Waals surface area contributed by atoms with Gasteiger partial charge < -0.3 is 10.5 Å². The number of thioether (sulfide) groups is 1. The first kappa shape index (κ1) is 18.3. The zero-order valence-electron chi connectivity index (χ0n) is 14.0. The number of amidine groups is 1. The highest BCUT2D eigenvalue weighted by molar-refractivity contribution is 8.13. The second-order valence-electron chi connectivity index (χ2n) is 5.48. The van der Waals surface area contributed by atoms with Crippen molar-refractivity contribution in [3.05, 3.63) is 59.9 Å². The fourth-order valence-electron chi connectivity index (χ4n) is 2.13. The summed E-state index contributed by atoms with van der Waals surface area (Å²) in [6, 6.07) is 14.5. The van der Waals surface area contributed by atoms with Crippen LogP contribution in [0.25, 0.3) is 0 Å². The molecule has 2 aromatic carbocycles. The van der Waals surface area contributed by atoms with Gasteiger partial charge in [0.25, 0.3) is 0 Å². The third kappa shape index (κ3) is 5.57. The van der Waals surface area contributed by atoms with Crippen molar-refractivity contribution in [3.8, 4) is 5.75 Å². The fourth-order valence-corrected chi connectivity index (χ4v) is 2.68. The first-order valence-electron chi connectivity index (χ1n) is 8.04. The van der Waals surface area contributed by atoms with Crippen molar-refractivity contribution < 1.29 is 9.13 Å². The van der Waals surface area contributed by atoms with Gasteiger partial charge in [0.1, 0.15) is 0 Å². The zero-order valence-corrected chi connectivity index (χ0v) is 14.9. The monoisotopic (exact) mass is 346 g/mol. The number of rotatable bonds is 7. The van der Waals surface area contributed by atoms with Crippen molar-refractivity contribution in [1.29, 1.82) is 0 Å². The van der Waals surface area contributed by atoms with E-state index in [4.69, 9.17) is 10.5 Å². The summed E-state index contributed by atoms with van der Waals surface area (Å²) < 4.78 is 18.8. The van der Waals surface area contributed by atoms with Gasteiger partial charge in [-0.3, -0.25) is 0 Å². The summed E-state index contributed by atoms with van der Waals surface area (Å²) in [5.41, 5.74) is 8.06. The Morgan fingerprint density at radius 3 is 2.58 bits per heavy atom. The van der Waals surface area contributed by atoms with Gasteiger partial charge in [-0.15, -0.1) is 0 Å². The average molecular weight is 346 g/mol. The van der Waals surface area contributed by atoms with E-state index < -0.39 is 0 Å². The van der Waals surface area contributed by atoms with Crippen LogP contribution >= 0.6 is 11.8 Å². The lowest BCUT2D eigenvalue weighted by molar-refractivity contribution is 0.325. The predicted octanol–water partition coefficient (Wildman–Crippen LogP) is 5.10. The van der Waals surface area contributed by atoms with E-state index in [1.165, 1.54) is 23.4 Å². The maximum absolute atomic E-state index is 13.4. The van der Waals surface area contributed by atoms with E-state index in [2.05, 4.69) is 31.0 Å². The first-order valence-corrected chi connectivity index (χ1v) is 9.03. The molecule has 0 aliphatic heterocycles. The van der Waals surface area contributed by atoms with Crippen molar-refractivity contribution in [2.24, 2.45) is 10.7 Å². The molecule has 0 aliphatic rings. The van der Waals surface area contributed by atoms with E-state index >= 15 is 0 Å². The van der Waals surface area contributed by atoms with Crippen LogP contribution in [0, 0.1) is 5.82 Å². The van der Waals surface area contributed by atoms with Gasteiger partial charge in [0.15, 0.2) is 16.7 Å². The van der Waals surface area contributed by atoms with Gasteiger partial charge in [-0.2, -0.15) is 0 Å². The molecule has 0 fully saturated rings. The highest BCUT2D eigenvalue weighted by atomic mass is 32.2. The summed E-state index contributed by atoms with van der Waals surface area (Å²) in [7, 11) is 0. The van der Waals surface area contributed by atoms with Crippen LogP contribution in [-0.4, -0.2) is 17.5 Å². The van der Waals surface area contributed by atoms with Gasteiger partial charge >= 0.3 is 0 Å². The molecule has 0 saturated carbocycles. The molecule has 0 amide bonds. The molecule has 0 unspecified atom stereocenters. The van der Waals surface area contributed by atoms with Crippen LogP contribution in [-0.2, 0) is 0 Å². The molecule has 0 aromatic heterocycles. The van der Waals surface area contributed by atoms with Gasteiger partial charge in [-0.1, -0.05) is 49.9 Å². The van der Waals surface area contributed by atoms with Gasteiger partial charge in [0.05, 0.1) is 12.3 Å². The first-order chi connectivity index (χ1) is 11.6. The number of ether oxygens (including phenoxy) is 1. The summed E-state index contributed by atoms with van der Waals surface area (Å²) in [5, 5.41) is 0.475. The second-order valence-corrected chi connectivity index (χ2v) is 6.59. The van der Waals surface area contributed by atoms with Crippen LogP contribution in [0.1, 0.15) is 31.7 Å². The van der Waals surface area contributed by atoms with Gasteiger partial charge in [-0.25, -0.2) is 9.38 Å². The fraction of sp³-hybridized carbons (Fsp3) is 0.316. The lowest BCUT2D eigenvalue weighted by Gasteiger charge is -2.09. The van der Waals surface area contributed by atoms with Gasteiger partial charge in [0.2, 0.25) is 0 Å². The number of para-hydroxylation sites is 1. The molecular formula is C19H23FN2OS. The SMILES string of the molecule is CC[C@@H](C)c1ccc(N=C(N)SCCOc2ccccc2F)cc1. The van der Waals surface area contributed by atoms with Crippen LogP contribution in [0.3, 0.4) is 0 Å². The minimum Gasteiger partial charge on any atom is -0.490 e. The molecule has 0 heterocycles. The molecular weight excluding hydrogens is 323 g/mol. The van der Waals surface area contributed by atoms with E-state index in [1.807, 2.05) is 12.1 Å². The zero-order chi connectivity index (χ0) is 17.4. The molecule has 0 aliphatic carbocycles. The Bertz CT molecular complexity index is 673. The molecule has 1 atom stereocenters. The molecule has 24 heavy (non-hydrogen) atoms.